The smallest absolute Gasteiger partial charge is 0.323 e. The van der Waals surface area contributed by atoms with Gasteiger partial charge in [-0.15, -0.1) is 0 Å². The maximum Gasteiger partial charge on any atom is 0.323 e. The van der Waals surface area contributed by atoms with Gasteiger partial charge in [0.15, 0.2) is 5.25 Å². The Bertz CT molecular complexity index is 521. The summed E-state index contributed by atoms with van der Waals surface area (Å²) in [5.74, 6) is -2.24. The molecule has 7 heteroatoms. The third-order valence-electron chi connectivity index (χ3n) is 2.28. The zero-order valence-corrected chi connectivity index (χ0v) is 10.1. The molecule has 0 aliphatic rings. The lowest BCUT2D eigenvalue weighted by atomic mass is 10.2. The summed E-state index contributed by atoms with van der Waals surface area (Å²) in [7, 11) is -4.15. The fourth-order valence-corrected chi connectivity index (χ4v) is 2.11. The number of benzene rings is 1. The Hall–Kier alpha value is -1.63. The van der Waals surface area contributed by atoms with Gasteiger partial charge in [-0.3, -0.25) is 9.52 Å². The summed E-state index contributed by atoms with van der Waals surface area (Å²) < 4.78 is 38.5. The van der Waals surface area contributed by atoms with Crippen molar-refractivity contribution in [1.82, 2.24) is 0 Å². The Balaban J connectivity index is 3.11. The predicted octanol–water partition coefficient (Wildman–Crippen LogP) is 1.35. The van der Waals surface area contributed by atoms with Crippen molar-refractivity contribution in [1.29, 1.82) is 0 Å². The summed E-state index contributed by atoms with van der Waals surface area (Å²) in [6.45, 7) is 2.53. The average molecular weight is 261 g/mol. The molecule has 1 atom stereocenters. The highest BCUT2D eigenvalue weighted by Crippen LogP contribution is 2.21. The van der Waals surface area contributed by atoms with Crippen LogP contribution in [0.15, 0.2) is 18.2 Å². The van der Waals surface area contributed by atoms with Gasteiger partial charge < -0.3 is 5.11 Å². The van der Waals surface area contributed by atoms with Crippen LogP contribution in [0.3, 0.4) is 0 Å². The van der Waals surface area contributed by atoms with Crippen molar-refractivity contribution in [2.24, 2.45) is 0 Å². The number of hydrogen-bond acceptors (Lipinski definition) is 3. The molecule has 0 spiro atoms. The van der Waals surface area contributed by atoms with E-state index in [-0.39, 0.29) is 5.69 Å². The lowest BCUT2D eigenvalue weighted by Gasteiger charge is -2.13. The van der Waals surface area contributed by atoms with Crippen LogP contribution in [0.1, 0.15) is 12.5 Å². The Morgan fingerprint density at radius 3 is 2.53 bits per heavy atom. The number of hydrogen-bond donors (Lipinski definition) is 2. The number of anilines is 1. The molecule has 1 rings (SSSR count). The van der Waals surface area contributed by atoms with Gasteiger partial charge in [0, 0.05) is 0 Å². The monoisotopic (exact) mass is 261 g/mol. The molecule has 1 aromatic carbocycles. The molecule has 0 heterocycles. The Morgan fingerprint density at radius 1 is 1.47 bits per heavy atom. The van der Waals surface area contributed by atoms with Crippen molar-refractivity contribution in [2.45, 2.75) is 19.1 Å². The third-order valence-corrected chi connectivity index (χ3v) is 3.90. The van der Waals surface area contributed by atoms with Crippen LogP contribution in [0.25, 0.3) is 0 Å². The van der Waals surface area contributed by atoms with Crippen LogP contribution in [0.2, 0.25) is 0 Å². The van der Waals surface area contributed by atoms with Gasteiger partial charge in [-0.2, -0.15) is 0 Å². The van der Waals surface area contributed by atoms with E-state index in [1.54, 1.807) is 0 Å². The molecule has 1 aromatic rings. The number of halogens is 1. The SMILES string of the molecule is Cc1cccc(F)c1NS(=O)(=O)C(C)C(=O)O. The molecule has 0 saturated heterocycles. The minimum Gasteiger partial charge on any atom is -0.480 e. The van der Waals surface area contributed by atoms with E-state index in [0.29, 0.717) is 5.56 Å². The zero-order valence-electron chi connectivity index (χ0n) is 9.27. The number of para-hydroxylation sites is 1. The van der Waals surface area contributed by atoms with Crippen LogP contribution >= 0.6 is 0 Å². The van der Waals surface area contributed by atoms with Gasteiger partial charge in [0.1, 0.15) is 5.82 Å². The summed E-state index contributed by atoms with van der Waals surface area (Å²) in [6.07, 6.45) is 0. The topological polar surface area (TPSA) is 83.5 Å². The normalized spacial score (nSPS) is 13.1. The van der Waals surface area contributed by atoms with Gasteiger partial charge >= 0.3 is 5.97 Å². The van der Waals surface area contributed by atoms with E-state index in [0.717, 1.165) is 13.0 Å². The van der Waals surface area contributed by atoms with E-state index >= 15 is 0 Å². The maximum atomic E-state index is 13.4. The molecule has 1 unspecified atom stereocenters. The largest absolute Gasteiger partial charge is 0.480 e. The van der Waals surface area contributed by atoms with Crippen molar-refractivity contribution in [3.63, 3.8) is 0 Å². The Labute approximate surface area is 98.3 Å². The highest BCUT2D eigenvalue weighted by atomic mass is 32.2. The second-order valence-electron chi connectivity index (χ2n) is 3.56. The number of aryl methyl sites for hydroxylation is 1. The van der Waals surface area contributed by atoms with Crippen LogP contribution in [0.4, 0.5) is 10.1 Å². The summed E-state index contributed by atoms with van der Waals surface area (Å²) in [6, 6.07) is 4.05. The molecule has 5 nitrogen and oxygen atoms in total. The molecule has 0 radical (unpaired) electrons. The highest BCUT2D eigenvalue weighted by Gasteiger charge is 2.28. The van der Waals surface area contributed by atoms with Crippen LogP contribution in [-0.2, 0) is 14.8 Å². The number of rotatable bonds is 4. The standard InChI is InChI=1S/C10H12FNO4S/c1-6-4-3-5-8(11)9(6)12-17(15,16)7(2)10(13)14/h3-5,7,12H,1-2H3,(H,13,14). The molecule has 2 N–H and O–H groups in total. The van der Waals surface area contributed by atoms with Gasteiger partial charge in [0.05, 0.1) is 5.69 Å². The van der Waals surface area contributed by atoms with E-state index in [2.05, 4.69) is 0 Å². The van der Waals surface area contributed by atoms with Crippen molar-refractivity contribution in [2.75, 3.05) is 4.72 Å². The predicted molar refractivity (Wildman–Crippen MR) is 60.8 cm³/mol. The zero-order chi connectivity index (χ0) is 13.2. The fraction of sp³-hybridized carbons (Fsp3) is 0.300. The van der Waals surface area contributed by atoms with Crippen LogP contribution in [0, 0.1) is 12.7 Å². The van der Waals surface area contributed by atoms with Gasteiger partial charge in [-0.25, -0.2) is 12.8 Å². The molecule has 0 aliphatic carbocycles. The molecule has 0 aliphatic heterocycles. The number of carboxylic acid groups (broad SMARTS) is 1. The van der Waals surface area contributed by atoms with Crippen molar-refractivity contribution >= 4 is 21.7 Å². The molecule has 0 amide bonds. The molecule has 0 bridgehead atoms. The number of aliphatic carboxylic acids is 1. The average Bonchev–Trinajstić information content (AvgIpc) is 2.22. The summed E-state index contributed by atoms with van der Waals surface area (Å²) >= 11 is 0. The quantitative estimate of drug-likeness (QED) is 0.857. The molecule has 0 aromatic heterocycles. The summed E-state index contributed by atoms with van der Waals surface area (Å²) in [4.78, 5) is 10.6. The van der Waals surface area contributed by atoms with Crippen LogP contribution in [-0.4, -0.2) is 24.7 Å². The first-order valence-electron chi connectivity index (χ1n) is 4.75. The van der Waals surface area contributed by atoms with Gasteiger partial charge in [-0.05, 0) is 25.5 Å². The molecule has 0 saturated carbocycles. The third kappa shape index (κ3) is 2.94. The second-order valence-corrected chi connectivity index (χ2v) is 5.56. The van der Waals surface area contributed by atoms with E-state index < -0.39 is 27.1 Å². The lowest BCUT2D eigenvalue weighted by Crippen LogP contribution is -2.32. The first kappa shape index (κ1) is 13.4. The number of carbonyl (C=O) groups is 1. The van der Waals surface area contributed by atoms with Crippen molar-refractivity contribution in [3.8, 4) is 0 Å². The van der Waals surface area contributed by atoms with Crippen LogP contribution in [0.5, 0.6) is 0 Å². The molecule has 17 heavy (non-hydrogen) atoms. The Morgan fingerprint density at radius 2 is 2.06 bits per heavy atom. The second kappa shape index (κ2) is 4.70. The fourth-order valence-electron chi connectivity index (χ4n) is 1.12. The maximum absolute atomic E-state index is 13.4. The molecule has 0 fully saturated rings. The minimum absolute atomic E-state index is 0.222. The number of sulfonamides is 1. The minimum atomic E-state index is -4.15. The van der Waals surface area contributed by atoms with Crippen LogP contribution < -0.4 is 4.72 Å². The summed E-state index contributed by atoms with van der Waals surface area (Å²) in [5, 5.41) is 6.97. The van der Waals surface area contributed by atoms with E-state index in [1.165, 1.54) is 19.1 Å². The molecule has 94 valence electrons. The number of carboxylic acids is 1. The van der Waals surface area contributed by atoms with Gasteiger partial charge in [0.2, 0.25) is 10.0 Å². The van der Waals surface area contributed by atoms with Gasteiger partial charge in [-0.1, -0.05) is 12.1 Å². The van der Waals surface area contributed by atoms with E-state index in [4.69, 9.17) is 5.11 Å². The van der Waals surface area contributed by atoms with Gasteiger partial charge in [0.25, 0.3) is 0 Å². The van der Waals surface area contributed by atoms with E-state index in [1.807, 2.05) is 4.72 Å². The Kier molecular flexibility index (Phi) is 3.72. The van der Waals surface area contributed by atoms with E-state index in [9.17, 15) is 17.6 Å². The lowest BCUT2D eigenvalue weighted by molar-refractivity contribution is -0.136. The van der Waals surface area contributed by atoms with Crippen molar-refractivity contribution < 1.29 is 22.7 Å². The summed E-state index contributed by atoms with van der Waals surface area (Å²) in [5.41, 5.74) is 0.159. The van der Waals surface area contributed by atoms with Crippen molar-refractivity contribution in [3.05, 3.63) is 29.6 Å². The first-order chi connectivity index (χ1) is 7.75. The number of nitrogens with one attached hydrogen (secondary N) is 1. The highest BCUT2D eigenvalue weighted by molar-refractivity contribution is 7.94. The molecular weight excluding hydrogens is 249 g/mol. The molecular formula is C10H12FNO4S. The first-order valence-corrected chi connectivity index (χ1v) is 6.30.